The van der Waals surface area contributed by atoms with Crippen molar-refractivity contribution in [1.29, 1.82) is 0 Å². The van der Waals surface area contributed by atoms with E-state index in [0.717, 1.165) is 30.5 Å². The SMILES string of the molecule is COc1nc2ccccc2nc1O[C@@H]1CCNC1.Cl. The summed E-state index contributed by atoms with van der Waals surface area (Å²) in [6.07, 6.45) is 1.13. The van der Waals surface area contributed by atoms with E-state index < -0.39 is 0 Å². The van der Waals surface area contributed by atoms with Gasteiger partial charge in [0.05, 0.1) is 18.1 Å². The molecule has 1 N–H and O–H groups in total. The molecule has 1 atom stereocenters. The number of ether oxygens (including phenoxy) is 2. The standard InChI is InChI=1S/C13H15N3O2.ClH/c1-17-12-13(18-9-6-7-14-8-9)16-11-5-3-2-4-10(11)15-12;/h2-5,9,14H,6-8H2,1H3;1H/t9-;/m1./s1. The summed E-state index contributed by atoms with van der Waals surface area (Å²) in [5.41, 5.74) is 1.63. The van der Waals surface area contributed by atoms with Crippen LogP contribution in [0, 0.1) is 0 Å². The van der Waals surface area contributed by atoms with Gasteiger partial charge in [0.2, 0.25) is 0 Å². The average Bonchev–Trinajstić information content (AvgIpc) is 2.91. The predicted octanol–water partition coefficient (Wildman–Crippen LogP) is 1.80. The van der Waals surface area contributed by atoms with Crippen LogP contribution in [0.1, 0.15) is 6.42 Å². The molecular weight excluding hydrogens is 266 g/mol. The molecule has 0 amide bonds. The van der Waals surface area contributed by atoms with E-state index in [1.54, 1.807) is 7.11 Å². The first-order chi connectivity index (χ1) is 8.86. The van der Waals surface area contributed by atoms with E-state index in [2.05, 4.69) is 15.3 Å². The zero-order valence-electron chi connectivity index (χ0n) is 10.6. The highest BCUT2D eigenvalue weighted by Gasteiger charge is 2.20. The van der Waals surface area contributed by atoms with Gasteiger partial charge in [-0.1, -0.05) is 12.1 Å². The smallest absolute Gasteiger partial charge is 0.279 e. The van der Waals surface area contributed by atoms with E-state index in [1.807, 2.05) is 24.3 Å². The van der Waals surface area contributed by atoms with Crippen molar-refractivity contribution in [2.24, 2.45) is 0 Å². The molecule has 5 nitrogen and oxygen atoms in total. The first kappa shape index (κ1) is 13.8. The lowest BCUT2D eigenvalue weighted by Gasteiger charge is -2.14. The van der Waals surface area contributed by atoms with E-state index in [0.29, 0.717) is 11.8 Å². The van der Waals surface area contributed by atoms with Gasteiger partial charge in [-0.15, -0.1) is 12.4 Å². The molecule has 1 fully saturated rings. The monoisotopic (exact) mass is 281 g/mol. The maximum atomic E-state index is 5.84. The molecule has 2 aromatic rings. The minimum absolute atomic E-state index is 0. The lowest BCUT2D eigenvalue weighted by Crippen LogP contribution is -2.20. The van der Waals surface area contributed by atoms with Crippen molar-refractivity contribution in [2.45, 2.75) is 12.5 Å². The van der Waals surface area contributed by atoms with Crippen LogP contribution in [0.25, 0.3) is 11.0 Å². The van der Waals surface area contributed by atoms with Gasteiger partial charge < -0.3 is 14.8 Å². The second-order valence-electron chi connectivity index (χ2n) is 4.26. The van der Waals surface area contributed by atoms with Gasteiger partial charge in [0.15, 0.2) is 0 Å². The number of methoxy groups -OCH3 is 1. The van der Waals surface area contributed by atoms with Crippen LogP contribution in [0.5, 0.6) is 11.8 Å². The molecule has 1 aliphatic heterocycles. The number of hydrogen-bond donors (Lipinski definition) is 1. The fourth-order valence-electron chi connectivity index (χ4n) is 2.06. The fourth-order valence-corrected chi connectivity index (χ4v) is 2.06. The van der Waals surface area contributed by atoms with E-state index in [4.69, 9.17) is 9.47 Å². The van der Waals surface area contributed by atoms with Crippen LogP contribution in [-0.4, -0.2) is 36.3 Å². The van der Waals surface area contributed by atoms with Crippen LogP contribution < -0.4 is 14.8 Å². The van der Waals surface area contributed by atoms with Crippen molar-refractivity contribution in [2.75, 3.05) is 20.2 Å². The molecule has 0 radical (unpaired) electrons. The Kier molecular flexibility index (Phi) is 4.39. The minimum atomic E-state index is 0. The van der Waals surface area contributed by atoms with Gasteiger partial charge in [0.1, 0.15) is 6.10 Å². The summed E-state index contributed by atoms with van der Waals surface area (Å²) >= 11 is 0. The van der Waals surface area contributed by atoms with Gasteiger partial charge in [-0.2, -0.15) is 0 Å². The molecule has 2 heterocycles. The highest BCUT2D eigenvalue weighted by atomic mass is 35.5. The first-order valence-electron chi connectivity index (χ1n) is 6.05. The number of rotatable bonds is 3. The molecule has 0 spiro atoms. The largest absolute Gasteiger partial charge is 0.477 e. The third-order valence-electron chi connectivity index (χ3n) is 3.00. The molecule has 0 saturated carbocycles. The Bertz CT molecular complexity index is 559. The van der Waals surface area contributed by atoms with Crippen molar-refractivity contribution in [3.63, 3.8) is 0 Å². The summed E-state index contributed by atoms with van der Waals surface area (Å²) in [7, 11) is 1.58. The van der Waals surface area contributed by atoms with Crippen molar-refractivity contribution in [3.8, 4) is 11.8 Å². The van der Waals surface area contributed by atoms with Crippen LogP contribution >= 0.6 is 12.4 Å². The normalized spacial score (nSPS) is 18.1. The maximum Gasteiger partial charge on any atom is 0.279 e. The van der Waals surface area contributed by atoms with Gasteiger partial charge in [-0.3, -0.25) is 0 Å². The summed E-state index contributed by atoms with van der Waals surface area (Å²) in [5.74, 6) is 0.922. The maximum absolute atomic E-state index is 5.84. The molecule has 1 aromatic carbocycles. The Labute approximate surface area is 117 Å². The van der Waals surface area contributed by atoms with Crippen LogP contribution in [-0.2, 0) is 0 Å². The van der Waals surface area contributed by atoms with Crippen molar-refractivity contribution in [3.05, 3.63) is 24.3 Å². The van der Waals surface area contributed by atoms with E-state index in [1.165, 1.54) is 0 Å². The number of nitrogens with one attached hydrogen (secondary N) is 1. The van der Waals surface area contributed by atoms with Crippen LogP contribution in [0.4, 0.5) is 0 Å². The number of halogens is 1. The molecule has 1 saturated heterocycles. The second kappa shape index (κ2) is 6.04. The number of benzene rings is 1. The number of nitrogens with zero attached hydrogens (tertiary/aromatic N) is 2. The highest BCUT2D eigenvalue weighted by Crippen LogP contribution is 2.26. The molecule has 0 aliphatic carbocycles. The van der Waals surface area contributed by atoms with Gasteiger partial charge in [-0.25, -0.2) is 9.97 Å². The zero-order valence-corrected chi connectivity index (χ0v) is 11.4. The number of aromatic nitrogens is 2. The summed E-state index contributed by atoms with van der Waals surface area (Å²) in [6, 6.07) is 7.69. The molecule has 19 heavy (non-hydrogen) atoms. The van der Waals surface area contributed by atoms with E-state index in [9.17, 15) is 0 Å². The quantitative estimate of drug-likeness (QED) is 0.930. The Morgan fingerprint density at radius 2 is 1.84 bits per heavy atom. The first-order valence-corrected chi connectivity index (χ1v) is 6.05. The molecule has 0 bridgehead atoms. The van der Waals surface area contributed by atoms with Gasteiger partial charge in [0, 0.05) is 6.54 Å². The van der Waals surface area contributed by atoms with Crippen LogP contribution in [0.3, 0.4) is 0 Å². The Morgan fingerprint density at radius 1 is 1.16 bits per heavy atom. The van der Waals surface area contributed by atoms with Gasteiger partial charge in [0.25, 0.3) is 11.8 Å². The molecule has 6 heteroatoms. The molecule has 3 rings (SSSR count). The summed E-state index contributed by atoms with van der Waals surface area (Å²) in [5, 5.41) is 3.25. The topological polar surface area (TPSA) is 56.3 Å². The Morgan fingerprint density at radius 3 is 2.42 bits per heavy atom. The van der Waals surface area contributed by atoms with E-state index >= 15 is 0 Å². The second-order valence-corrected chi connectivity index (χ2v) is 4.26. The third kappa shape index (κ3) is 2.88. The van der Waals surface area contributed by atoms with Gasteiger partial charge in [-0.05, 0) is 25.1 Å². The van der Waals surface area contributed by atoms with Crippen molar-refractivity contribution < 1.29 is 9.47 Å². The molecular formula is C13H16ClN3O2. The highest BCUT2D eigenvalue weighted by molar-refractivity contribution is 5.85. The predicted molar refractivity (Wildman–Crippen MR) is 75.2 cm³/mol. The number of hydrogen-bond acceptors (Lipinski definition) is 5. The summed E-state index contributed by atoms with van der Waals surface area (Å²) in [6.45, 7) is 1.83. The molecule has 1 aromatic heterocycles. The Hall–Kier alpha value is -1.59. The molecule has 0 unspecified atom stereocenters. The summed E-state index contributed by atoms with van der Waals surface area (Å²) in [4.78, 5) is 8.88. The zero-order chi connectivity index (χ0) is 12.4. The molecule has 102 valence electrons. The minimum Gasteiger partial charge on any atom is -0.477 e. The third-order valence-corrected chi connectivity index (χ3v) is 3.00. The lowest BCUT2D eigenvalue weighted by atomic mass is 10.3. The lowest BCUT2D eigenvalue weighted by molar-refractivity contribution is 0.202. The van der Waals surface area contributed by atoms with Crippen molar-refractivity contribution >= 4 is 23.4 Å². The van der Waals surface area contributed by atoms with Crippen LogP contribution in [0.2, 0.25) is 0 Å². The number of para-hydroxylation sites is 2. The summed E-state index contributed by atoms with van der Waals surface area (Å²) < 4.78 is 11.1. The van der Waals surface area contributed by atoms with Crippen molar-refractivity contribution in [1.82, 2.24) is 15.3 Å². The molecule has 1 aliphatic rings. The van der Waals surface area contributed by atoms with Gasteiger partial charge >= 0.3 is 0 Å². The van der Waals surface area contributed by atoms with E-state index in [-0.39, 0.29) is 18.5 Å². The Balaban J connectivity index is 0.00000133. The van der Waals surface area contributed by atoms with Crippen LogP contribution in [0.15, 0.2) is 24.3 Å². The fraction of sp³-hybridized carbons (Fsp3) is 0.385. The number of fused-ring (bicyclic) bond motifs is 1. The average molecular weight is 282 g/mol.